The van der Waals surface area contributed by atoms with Crippen molar-refractivity contribution < 1.29 is 0 Å². The van der Waals surface area contributed by atoms with Gasteiger partial charge in [0, 0.05) is 25.3 Å². The maximum absolute atomic E-state index is 7.59. The van der Waals surface area contributed by atoms with Gasteiger partial charge in [-0.3, -0.25) is 15.3 Å². The highest BCUT2D eigenvalue weighted by Gasteiger charge is 2.22. The van der Waals surface area contributed by atoms with Gasteiger partial charge in [0.2, 0.25) is 0 Å². The van der Waals surface area contributed by atoms with E-state index in [0.29, 0.717) is 11.7 Å². The van der Waals surface area contributed by atoms with Crippen molar-refractivity contribution >= 4 is 5.84 Å². The van der Waals surface area contributed by atoms with Gasteiger partial charge in [0.15, 0.2) is 0 Å². The smallest absolute Gasteiger partial charge is 0.142 e. The summed E-state index contributed by atoms with van der Waals surface area (Å²) in [5.74, 6) is 0.0526. The number of rotatable bonds is 4. The second kappa shape index (κ2) is 6.12. The quantitative estimate of drug-likeness (QED) is 0.624. The SMILES string of the molecule is CN(C)C1CCCN(Cc2cccnc2C(=N)N)C1. The van der Waals surface area contributed by atoms with Gasteiger partial charge in [-0.1, -0.05) is 6.07 Å². The number of hydrogen-bond donors (Lipinski definition) is 2. The van der Waals surface area contributed by atoms with Crippen molar-refractivity contribution in [2.24, 2.45) is 5.73 Å². The van der Waals surface area contributed by atoms with E-state index in [9.17, 15) is 0 Å². The van der Waals surface area contributed by atoms with Crippen LogP contribution in [0.1, 0.15) is 24.1 Å². The first-order valence-corrected chi connectivity index (χ1v) is 6.75. The Morgan fingerprint density at radius 1 is 1.58 bits per heavy atom. The van der Waals surface area contributed by atoms with Gasteiger partial charge < -0.3 is 10.6 Å². The zero-order valence-electron chi connectivity index (χ0n) is 11.8. The Labute approximate surface area is 114 Å². The van der Waals surface area contributed by atoms with Gasteiger partial charge in [-0.2, -0.15) is 0 Å². The summed E-state index contributed by atoms with van der Waals surface area (Å²) in [6.45, 7) is 3.00. The summed E-state index contributed by atoms with van der Waals surface area (Å²) in [5.41, 5.74) is 7.26. The van der Waals surface area contributed by atoms with Crippen molar-refractivity contribution in [3.05, 3.63) is 29.6 Å². The average molecular weight is 261 g/mol. The van der Waals surface area contributed by atoms with Gasteiger partial charge in [-0.15, -0.1) is 0 Å². The molecule has 1 atom stereocenters. The number of aromatic nitrogens is 1. The molecule has 0 saturated carbocycles. The van der Waals surface area contributed by atoms with Gasteiger partial charge in [-0.05, 0) is 45.1 Å². The van der Waals surface area contributed by atoms with Crippen LogP contribution < -0.4 is 5.73 Å². The van der Waals surface area contributed by atoms with Gasteiger partial charge in [0.25, 0.3) is 0 Å². The highest BCUT2D eigenvalue weighted by molar-refractivity contribution is 5.94. The Morgan fingerprint density at radius 2 is 2.37 bits per heavy atom. The van der Waals surface area contributed by atoms with Crippen molar-refractivity contribution in [2.45, 2.75) is 25.4 Å². The fourth-order valence-electron chi connectivity index (χ4n) is 2.65. The Bertz CT molecular complexity index is 443. The number of likely N-dealkylation sites (tertiary alicyclic amines) is 1. The fourth-order valence-corrected chi connectivity index (χ4v) is 2.65. The van der Waals surface area contributed by atoms with E-state index in [1.165, 1.54) is 12.8 Å². The molecule has 0 bridgehead atoms. The Balaban J connectivity index is 2.07. The van der Waals surface area contributed by atoms with Crippen LogP contribution in [0.25, 0.3) is 0 Å². The van der Waals surface area contributed by atoms with Crippen LogP contribution in [0.3, 0.4) is 0 Å². The summed E-state index contributed by atoms with van der Waals surface area (Å²) in [4.78, 5) is 8.93. The topological polar surface area (TPSA) is 69.2 Å². The molecule has 0 spiro atoms. The molecule has 1 aromatic rings. The van der Waals surface area contributed by atoms with Crippen LogP contribution in [-0.2, 0) is 6.54 Å². The van der Waals surface area contributed by atoms with Crippen LogP contribution in [0.15, 0.2) is 18.3 Å². The van der Waals surface area contributed by atoms with Crippen molar-refractivity contribution in [2.75, 3.05) is 27.2 Å². The molecule has 2 heterocycles. The van der Waals surface area contributed by atoms with E-state index in [1.54, 1.807) is 6.20 Å². The minimum absolute atomic E-state index is 0.0526. The van der Waals surface area contributed by atoms with Crippen LogP contribution >= 0.6 is 0 Å². The van der Waals surface area contributed by atoms with E-state index in [0.717, 1.165) is 25.2 Å². The molecular weight excluding hydrogens is 238 g/mol. The molecule has 1 aliphatic heterocycles. The Kier molecular flexibility index (Phi) is 4.50. The molecule has 1 aromatic heterocycles. The summed E-state index contributed by atoms with van der Waals surface area (Å²) in [7, 11) is 4.28. The molecule has 104 valence electrons. The second-order valence-corrected chi connectivity index (χ2v) is 5.42. The number of nitrogens with zero attached hydrogens (tertiary/aromatic N) is 3. The number of nitrogen functional groups attached to an aromatic ring is 1. The zero-order valence-corrected chi connectivity index (χ0v) is 11.8. The van der Waals surface area contributed by atoms with Crippen molar-refractivity contribution in [3.63, 3.8) is 0 Å². The Hall–Kier alpha value is -1.46. The van der Waals surface area contributed by atoms with Crippen LogP contribution in [0.4, 0.5) is 0 Å². The molecule has 0 aliphatic carbocycles. The van der Waals surface area contributed by atoms with Crippen molar-refractivity contribution in [1.82, 2.24) is 14.8 Å². The molecule has 5 nitrogen and oxygen atoms in total. The summed E-state index contributed by atoms with van der Waals surface area (Å²) in [5, 5.41) is 7.59. The van der Waals surface area contributed by atoms with Gasteiger partial charge >= 0.3 is 0 Å². The molecule has 1 aliphatic rings. The molecule has 19 heavy (non-hydrogen) atoms. The molecule has 0 radical (unpaired) electrons. The first-order chi connectivity index (χ1) is 9.08. The van der Waals surface area contributed by atoms with Crippen LogP contribution in [0, 0.1) is 5.41 Å². The maximum atomic E-state index is 7.59. The number of nitrogens with one attached hydrogen (secondary N) is 1. The monoisotopic (exact) mass is 261 g/mol. The summed E-state index contributed by atoms with van der Waals surface area (Å²) in [6, 6.07) is 4.55. The molecular formula is C14H23N5. The Morgan fingerprint density at radius 3 is 3.05 bits per heavy atom. The lowest BCUT2D eigenvalue weighted by atomic mass is 10.0. The fraction of sp³-hybridized carbons (Fsp3) is 0.571. The third kappa shape index (κ3) is 3.52. The highest BCUT2D eigenvalue weighted by atomic mass is 15.2. The third-order valence-corrected chi connectivity index (χ3v) is 3.75. The van der Waals surface area contributed by atoms with E-state index in [4.69, 9.17) is 11.1 Å². The van der Waals surface area contributed by atoms with Gasteiger partial charge in [0.1, 0.15) is 11.5 Å². The van der Waals surface area contributed by atoms with E-state index in [2.05, 4.69) is 28.9 Å². The number of amidine groups is 1. The molecule has 1 fully saturated rings. The zero-order chi connectivity index (χ0) is 13.8. The number of piperidine rings is 1. The maximum Gasteiger partial charge on any atom is 0.142 e. The number of likely N-dealkylation sites (N-methyl/N-ethyl adjacent to an activating group) is 1. The molecule has 5 heteroatoms. The molecule has 1 saturated heterocycles. The number of pyridine rings is 1. The standard InChI is InChI=1S/C14H23N5/c1-18(2)12-6-4-8-19(10-12)9-11-5-3-7-17-13(11)14(15)16/h3,5,7,12H,4,6,8-10H2,1-2H3,(H3,15,16). The van der Waals surface area contributed by atoms with E-state index < -0.39 is 0 Å². The average Bonchev–Trinajstić information content (AvgIpc) is 2.39. The molecule has 3 N–H and O–H groups in total. The van der Waals surface area contributed by atoms with Gasteiger partial charge in [0.05, 0.1) is 0 Å². The number of nitrogens with two attached hydrogens (primary N) is 1. The van der Waals surface area contributed by atoms with Crippen molar-refractivity contribution in [3.8, 4) is 0 Å². The molecule has 1 unspecified atom stereocenters. The lowest BCUT2D eigenvalue weighted by Gasteiger charge is -2.36. The lowest BCUT2D eigenvalue weighted by molar-refractivity contribution is 0.128. The summed E-state index contributed by atoms with van der Waals surface area (Å²) in [6.07, 6.45) is 4.17. The van der Waals surface area contributed by atoms with Crippen molar-refractivity contribution in [1.29, 1.82) is 5.41 Å². The summed E-state index contributed by atoms with van der Waals surface area (Å²) >= 11 is 0. The minimum atomic E-state index is 0.0526. The normalized spacial score (nSPS) is 20.7. The van der Waals surface area contributed by atoms with Crippen LogP contribution in [0.2, 0.25) is 0 Å². The third-order valence-electron chi connectivity index (χ3n) is 3.75. The van der Waals surface area contributed by atoms with Crippen LogP contribution in [0.5, 0.6) is 0 Å². The largest absolute Gasteiger partial charge is 0.382 e. The van der Waals surface area contributed by atoms with E-state index in [1.807, 2.05) is 12.1 Å². The van der Waals surface area contributed by atoms with Crippen LogP contribution in [-0.4, -0.2) is 53.8 Å². The molecule has 0 amide bonds. The summed E-state index contributed by atoms with van der Waals surface area (Å²) < 4.78 is 0. The second-order valence-electron chi connectivity index (χ2n) is 5.42. The lowest BCUT2D eigenvalue weighted by Crippen LogP contribution is -2.44. The predicted molar refractivity (Wildman–Crippen MR) is 77.2 cm³/mol. The number of hydrogen-bond acceptors (Lipinski definition) is 4. The van der Waals surface area contributed by atoms with E-state index in [-0.39, 0.29) is 5.84 Å². The van der Waals surface area contributed by atoms with E-state index >= 15 is 0 Å². The molecule has 2 rings (SSSR count). The van der Waals surface area contributed by atoms with Gasteiger partial charge in [-0.25, -0.2) is 0 Å². The molecule has 0 aromatic carbocycles. The first-order valence-electron chi connectivity index (χ1n) is 6.75. The predicted octanol–water partition coefficient (Wildman–Crippen LogP) is 0.892. The first kappa shape index (κ1) is 14.0. The minimum Gasteiger partial charge on any atom is -0.382 e. The highest BCUT2D eigenvalue weighted by Crippen LogP contribution is 2.17.